The predicted octanol–water partition coefficient (Wildman–Crippen LogP) is 4.23. The van der Waals surface area contributed by atoms with Crippen molar-refractivity contribution in [3.63, 3.8) is 0 Å². The molecule has 0 N–H and O–H groups in total. The number of furan rings is 2. The van der Waals surface area contributed by atoms with Gasteiger partial charge >= 0.3 is 0 Å². The van der Waals surface area contributed by atoms with E-state index in [-0.39, 0.29) is 12.5 Å². The molecular weight excluding hydrogens is 364 g/mol. The maximum absolute atomic E-state index is 12.7. The molecule has 0 aliphatic rings. The molecule has 7 heteroatoms. The van der Waals surface area contributed by atoms with Crippen molar-refractivity contribution in [2.45, 2.75) is 19.7 Å². The molecule has 1 aromatic carbocycles. The Morgan fingerprint density at radius 2 is 1.70 bits per heavy atom. The van der Waals surface area contributed by atoms with Crippen LogP contribution in [0.4, 0.5) is 0 Å². The monoisotopic (exact) mass is 382 g/mol. The number of nitrogens with zero attached hydrogens (tertiary/aromatic N) is 2. The maximum atomic E-state index is 12.7. The molecule has 4 aromatic rings. The van der Waals surface area contributed by atoms with Gasteiger partial charge in [0.2, 0.25) is 5.91 Å². The van der Waals surface area contributed by atoms with Crippen LogP contribution in [0.15, 0.2) is 69.9 Å². The minimum absolute atomic E-state index is 0.0304. The fourth-order valence-electron chi connectivity index (χ4n) is 2.71. The first-order valence-corrected chi connectivity index (χ1v) is 9.34. The molecule has 0 unspecified atom stereocenters. The zero-order valence-corrected chi connectivity index (χ0v) is 15.4. The fraction of sp³-hybridized carbons (Fsp3) is 0.200. The first kappa shape index (κ1) is 17.5. The molecule has 0 saturated carbocycles. The zero-order chi connectivity index (χ0) is 18.5. The van der Waals surface area contributed by atoms with Crippen molar-refractivity contribution >= 4 is 27.5 Å². The molecule has 4 rings (SSSR count). The first-order valence-electron chi connectivity index (χ1n) is 8.52. The smallest absolute Gasteiger partial charge is 0.249 e. The molecule has 27 heavy (non-hydrogen) atoms. The van der Waals surface area contributed by atoms with Crippen molar-refractivity contribution in [2.75, 3.05) is 6.61 Å². The van der Waals surface area contributed by atoms with Gasteiger partial charge in [-0.3, -0.25) is 4.79 Å². The number of para-hydroxylation sites is 1. The van der Waals surface area contributed by atoms with Crippen LogP contribution in [0.2, 0.25) is 0 Å². The van der Waals surface area contributed by atoms with Crippen LogP contribution in [0.25, 0.3) is 10.2 Å². The summed E-state index contributed by atoms with van der Waals surface area (Å²) in [6, 6.07) is 15.2. The number of amides is 1. The molecule has 0 spiro atoms. The quantitative estimate of drug-likeness (QED) is 0.456. The minimum Gasteiger partial charge on any atom is -0.467 e. The maximum Gasteiger partial charge on any atom is 0.249 e. The Kier molecular flexibility index (Phi) is 5.32. The minimum atomic E-state index is -0.135. The molecule has 3 aromatic heterocycles. The molecule has 6 nitrogen and oxygen atoms in total. The lowest BCUT2D eigenvalue weighted by Crippen LogP contribution is -2.33. The summed E-state index contributed by atoms with van der Waals surface area (Å²) in [5, 5.41) is 0.854. The lowest BCUT2D eigenvalue weighted by atomic mass is 10.3. The number of rotatable bonds is 8. The third-order valence-corrected chi connectivity index (χ3v) is 5.01. The second-order valence-corrected chi connectivity index (χ2v) is 7.09. The Labute approximate surface area is 160 Å². The van der Waals surface area contributed by atoms with Crippen molar-refractivity contribution in [3.8, 4) is 0 Å². The Hall–Kier alpha value is -2.90. The second-order valence-electron chi connectivity index (χ2n) is 5.98. The highest BCUT2D eigenvalue weighted by atomic mass is 32.1. The van der Waals surface area contributed by atoms with E-state index in [1.54, 1.807) is 40.9 Å². The van der Waals surface area contributed by atoms with E-state index >= 15 is 0 Å². The van der Waals surface area contributed by atoms with Gasteiger partial charge in [0, 0.05) is 0 Å². The molecule has 0 radical (unpaired) electrons. The van der Waals surface area contributed by atoms with E-state index in [9.17, 15) is 4.79 Å². The van der Waals surface area contributed by atoms with Gasteiger partial charge in [0.25, 0.3) is 0 Å². The zero-order valence-electron chi connectivity index (χ0n) is 14.5. The highest BCUT2D eigenvalue weighted by molar-refractivity contribution is 7.18. The van der Waals surface area contributed by atoms with Crippen molar-refractivity contribution in [3.05, 3.63) is 77.6 Å². The van der Waals surface area contributed by atoms with Crippen LogP contribution in [-0.2, 0) is 29.2 Å². The molecule has 3 heterocycles. The molecule has 0 saturated heterocycles. The molecule has 138 valence electrons. The third-order valence-electron chi connectivity index (χ3n) is 4.00. The number of thiazole rings is 1. The van der Waals surface area contributed by atoms with E-state index in [1.165, 1.54) is 0 Å². The lowest BCUT2D eigenvalue weighted by Gasteiger charge is -2.20. The van der Waals surface area contributed by atoms with Crippen molar-refractivity contribution in [2.24, 2.45) is 0 Å². The average molecular weight is 382 g/mol. The van der Waals surface area contributed by atoms with Gasteiger partial charge in [0.1, 0.15) is 23.1 Å². The normalized spacial score (nSPS) is 11.1. The summed E-state index contributed by atoms with van der Waals surface area (Å²) in [7, 11) is 0. The highest BCUT2D eigenvalue weighted by Gasteiger charge is 2.17. The number of ether oxygens (including phenoxy) is 1. The summed E-state index contributed by atoms with van der Waals surface area (Å²) in [6.45, 7) is 0.992. The van der Waals surface area contributed by atoms with Crippen molar-refractivity contribution < 1.29 is 18.4 Å². The molecule has 0 atom stereocenters. The van der Waals surface area contributed by atoms with Gasteiger partial charge in [-0.05, 0) is 36.4 Å². The molecular formula is C20H18N2O4S. The van der Waals surface area contributed by atoms with Gasteiger partial charge in [-0.2, -0.15) is 0 Å². The van der Waals surface area contributed by atoms with E-state index in [4.69, 9.17) is 13.6 Å². The van der Waals surface area contributed by atoms with Gasteiger partial charge in [-0.15, -0.1) is 11.3 Å². The fourth-order valence-corrected chi connectivity index (χ4v) is 3.62. The van der Waals surface area contributed by atoms with Crippen LogP contribution < -0.4 is 0 Å². The van der Waals surface area contributed by atoms with Crippen LogP contribution in [0.5, 0.6) is 0 Å². The molecule has 0 aliphatic carbocycles. The van der Waals surface area contributed by atoms with Gasteiger partial charge < -0.3 is 18.5 Å². The summed E-state index contributed by atoms with van der Waals surface area (Å²) >= 11 is 1.57. The van der Waals surface area contributed by atoms with Gasteiger partial charge in [0.15, 0.2) is 0 Å². The van der Waals surface area contributed by atoms with E-state index in [2.05, 4.69) is 4.98 Å². The second kappa shape index (κ2) is 8.20. The number of fused-ring (bicyclic) bond motifs is 1. The van der Waals surface area contributed by atoms with E-state index in [1.807, 2.05) is 36.4 Å². The van der Waals surface area contributed by atoms with Crippen LogP contribution in [0.3, 0.4) is 0 Å². The first-order chi connectivity index (χ1) is 13.3. The number of hydrogen-bond donors (Lipinski definition) is 0. The predicted molar refractivity (Wildman–Crippen MR) is 101 cm³/mol. The highest BCUT2D eigenvalue weighted by Crippen LogP contribution is 2.22. The number of hydrogen-bond acceptors (Lipinski definition) is 6. The summed E-state index contributed by atoms with van der Waals surface area (Å²) in [5.74, 6) is 1.28. The number of carbonyl (C=O) groups is 1. The Morgan fingerprint density at radius 1 is 1.00 bits per heavy atom. The van der Waals surface area contributed by atoms with Crippen molar-refractivity contribution in [1.29, 1.82) is 0 Å². The SMILES string of the molecule is O=C(COCc1nc2ccccc2s1)N(Cc1ccco1)Cc1ccco1. The number of aromatic nitrogens is 1. The van der Waals surface area contributed by atoms with Crippen LogP contribution in [0, 0.1) is 0 Å². The summed E-state index contributed by atoms with van der Waals surface area (Å²) in [5.41, 5.74) is 0.949. The van der Waals surface area contributed by atoms with Gasteiger partial charge in [-0.25, -0.2) is 4.98 Å². The van der Waals surface area contributed by atoms with Crippen molar-refractivity contribution in [1.82, 2.24) is 9.88 Å². The molecule has 0 aliphatic heterocycles. The van der Waals surface area contributed by atoms with Crippen LogP contribution in [-0.4, -0.2) is 22.4 Å². The van der Waals surface area contributed by atoms with Gasteiger partial charge in [-0.1, -0.05) is 12.1 Å². The third kappa shape index (κ3) is 4.45. The van der Waals surface area contributed by atoms with Crippen LogP contribution >= 0.6 is 11.3 Å². The molecule has 0 fully saturated rings. The molecule has 0 bridgehead atoms. The standard InChI is InChI=1S/C20H18N2O4S/c23-20(14-24-13-19-21-17-7-1-2-8-18(17)27-19)22(11-15-5-3-9-25-15)12-16-6-4-10-26-16/h1-10H,11-14H2. The van der Waals surface area contributed by atoms with Gasteiger partial charge in [0.05, 0.1) is 42.4 Å². The molecule has 1 amide bonds. The van der Waals surface area contributed by atoms with E-state index in [0.717, 1.165) is 15.2 Å². The largest absolute Gasteiger partial charge is 0.467 e. The van der Waals surface area contributed by atoms with E-state index in [0.29, 0.717) is 31.2 Å². The average Bonchev–Trinajstić information content (AvgIpc) is 3.42. The Morgan fingerprint density at radius 3 is 2.33 bits per heavy atom. The number of carbonyl (C=O) groups excluding carboxylic acids is 1. The summed E-state index contributed by atoms with van der Waals surface area (Å²) in [4.78, 5) is 18.8. The van der Waals surface area contributed by atoms with E-state index < -0.39 is 0 Å². The Bertz CT molecular complexity index is 923. The Balaban J connectivity index is 1.36. The summed E-state index contributed by atoms with van der Waals surface area (Å²) in [6.07, 6.45) is 3.18. The topological polar surface area (TPSA) is 68.7 Å². The summed E-state index contributed by atoms with van der Waals surface area (Å²) < 4.78 is 17.5. The van der Waals surface area contributed by atoms with Crippen LogP contribution in [0.1, 0.15) is 16.5 Å². The lowest BCUT2D eigenvalue weighted by molar-refractivity contribution is -0.138. The number of benzene rings is 1.